The van der Waals surface area contributed by atoms with Gasteiger partial charge in [0.1, 0.15) is 0 Å². The van der Waals surface area contributed by atoms with Crippen LogP contribution in [0.1, 0.15) is 45.4 Å². The van der Waals surface area contributed by atoms with Crippen LogP contribution in [-0.4, -0.2) is 38.3 Å². The van der Waals surface area contributed by atoms with E-state index >= 15 is 0 Å². The molecule has 4 nitrogen and oxygen atoms in total. The topological polar surface area (TPSA) is 45.7 Å². The molecule has 0 aliphatic heterocycles. The minimum absolute atomic E-state index is 0.537. The van der Waals surface area contributed by atoms with E-state index in [0.717, 1.165) is 31.4 Å². The third-order valence-corrected chi connectivity index (χ3v) is 3.92. The average Bonchev–Trinajstić information content (AvgIpc) is 2.86. The fraction of sp³-hybridized carbons (Fsp3) is 0.929. The van der Waals surface area contributed by atoms with Gasteiger partial charge in [-0.2, -0.15) is 0 Å². The van der Waals surface area contributed by atoms with Crippen LogP contribution in [0.4, 0.5) is 0 Å². The molecular weight excluding hydrogens is 226 g/mol. The highest BCUT2D eigenvalue weighted by Gasteiger charge is 2.33. The summed E-state index contributed by atoms with van der Waals surface area (Å²) in [5.74, 6) is 1.74. The lowest BCUT2D eigenvalue weighted by atomic mass is 10.3. The Kier molecular flexibility index (Phi) is 5.29. The summed E-state index contributed by atoms with van der Waals surface area (Å²) in [6, 6.07) is 0.630. The Morgan fingerprint density at radius 1 is 1.33 bits per heavy atom. The number of rotatable bonds is 6. The Hall–Kier alpha value is -0.770. The number of guanidine groups is 1. The zero-order chi connectivity index (χ0) is 12.8. The molecule has 0 spiro atoms. The van der Waals surface area contributed by atoms with Crippen molar-refractivity contribution in [3.05, 3.63) is 0 Å². The van der Waals surface area contributed by atoms with Crippen LogP contribution in [0.5, 0.6) is 0 Å². The van der Waals surface area contributed by atoms with Gasteiger partial charge in [0.25, 0.3) is 0 Å². The largest absolute Gasteiger partial charge is 0.378 e. The molecule has 2 saturated carbocycles. The predicted molar refractivity (Wildman–Crippen MR) is 74.9 cm³/mol. The summed E-state index contributed by atoms with van der Waals surface area (Å²) in [6.07, 6.45) is 8.07. The number of nitrogens with zero attached hydrogens (tertiary/aromatic N) is 1. The van der Waals surface area contributed by atoms with Crippen LogP contribution in [-0.2, 0) is 4.74 Å². The van der Waals surface area contributed by atoms with E-state index in [9.17, 15) is 0 Å². The van der Waals surface area contributed by atoms with Gasteiger partial charge in [0, 0.05) is 26.2 Å². The SMILES string of the molecule is CN=C(NCCCOC1CCCC1)NC1CC1C. The molecule has 4 heteroatoms. The summed E-state index contributed by atoms with van der Waals surface area (Å²) in [4.78, 5) is 4.23. The fourth-order valence-corrected chi connectivity index (χ4v) is 2.48. The van der Waals surface area contributed by atoms with Crippen LogP contribution in [0.25, 0.3) is 0 Å². The Morgan fingerprint density at radius 2 is 2.06 bits per heavy atom. The number of ether oxygens (including phenoxy) is 1. The van der Waals surface area contributed by atoms with Crippen molar-refractivity contribution in [3.8, 4) is 0 Å². The van der Waals surface area contributed by atoms with E-state index in [1.54, 1.807) is 0 Å². The molecule has 2 N–H and O–H groups in total. The smallest absolute Gasteiger partial charge is 0.191 e. The monoisotopic (exact) mass is 253 g/mol. The van der Waals surface area contributed by atoms with Crippen LogP contribution in [0.3, 0.4) is 0 Å². The molecule has 0 aromatic heterocycles. The average molecular weight is 253 g/mol. The van der Waals surface area contributed by atoms with Crippen LogP contribution in [0.15, 0.2) is 4.99 Å². The number of hydrogen-bond acceptors (Lipinski definition) is 2. The quantitative estimate of drug-likeness (QED) is 0.432. The number of aliphatic imine (C=N–C) groups is 1. The molecule has 0 aromatic carbocycles. The van der Waals surface area contributed by atoms with Crippen LogP contribution < -0.4 is 10.6 Å². The van der Waals surface area contributed by atoms with E-state index < -0.39 is 0 Å². The van der Waals surface area contributed by atoms with E-state index in [4.69, 9.17) is 4.74 Å². The Balaban J connectivity index is 1.48. The summed E-state index contributed by atoms with van der Waals surface area (Å²) >= 11 is 0. The molecule has 2 fully saturated rings. The van der Waals surface area contributed by atoms with E-state index in [1.165, 1.54) is 32.1 Å². The van der Waals surface area contributed by atoms with E-state index in [1.807, 2.05) is 7.05 Å². The second-order valence-corrected chi connectivity index (χ2v) is 5.59. The van der Waals surface area contributed by atoms with Crippen molar-refractivity contribution in [2.24, 2.45) is 10.9 Å². The third-order valence-electron chi connectivity index (χ3n) is 3.92. The summed E-state index contributed by atoms with van der Waals surface area (Å²) in [5.41, 5.74) is 0. The van der Waals surface area contributed by atoms with Crippen molar-refractivity contribution in [2.45, 2.75) is 57.6 Å². The molecule has 104 valence electrons. The first-order valence-electron chi connectivity index (χ1n) is 7.38. The van der Waals surface area contributed by atoms with Crippen LogP contribution >= 0.6 is 0 Å². The van der Waals surface area contributed by atoms with Crippen molar-refractivity contribution >= 4 is 5.96 Å². The Labute approximate surface area is 111 Å². The number of nitrogens with one attached hydrogen (secondary N) is 2. The minimum atomic E-state index is 0.537. The second kappa shape index (κ2) is 6.98. The summed E-state index contributed by atoms with van der Waals surface area (Å²) < 4.78 is 5.83. The molecule has 0 amide bonds. The zero-order valence-corrected chi connectivity index (χ0v) is 11.7. The Bertz CT molecular complexity index is 274. The van der Waals surface area contributed by atoms with Gasteiger partial charge < -0.3 is 15.4 Å². The zero-order valence-electron chi connectivity index (χ0n) is 11.7. The highest BCUT2D eigenvalue weighted by molar-refractivity contribution is 5.80. The normalized spacial score (nSPS) is 28.4. The molecule has 0 aromatic rings. The lowest BCUT2D eigenvalue weighted by Crippen LogP contribution is -2.39. The third kappa shape index (κ3) is 4.48. The first-order valence-corrected chi connectivity index (χ1v) is 7.38. The first kappa shape index (κ1) is 13.7. The molecule has 18 heavy (non-hydrogen) atoms. The molecule has 2 atom stereocenters. The maximum absolute atomic E-state index is 5.83. The van der Waals surface area contributed by atoms with Gasteiger partial charge in [0.05, 0.1) is 6.10 Å². The predicted octanol–water partition coefficient (Wildman–Crippen LogP) is 1.91. The molecule has 2 unspecified atom stereocenters. The minimum Gasteiger partial charge on any atom is -0.378 e. The van der Waals surface area contributed by atoms with Crippen LogP contribution in [0, 0.1) is 5.92 Å². The van der Waals surface area contributed by atoms with Gasteiger partial charge in [-0.1, -0.05) is 19.8 Å². The van der Waals surface area contributed by atoms with Gasteiger partial charge in [-0.3, -0.25) is 4.99 Å². The molecule has 0 bridgehead atoms. The lowest BCUT2D eigenvalue weighted by Gasteiger charge is -2.13. The van der Waals surface area contributed by atoms with E-state index in [0.29, 0.717) is 12.1 Å². The number of hydrogen-bond donors (Lipinski definition) is 2. The van der Waals surface area contributed by atoms with Gasteiger partial charge in [-0.25, -0.2) is 0 Å². The first-order chi connectivity index (χ1) is 8.79. The van der Waals surface area contributed by atoms with E-state index in [2.05, 4.69) is 22.5 Å². The van der Waals surface area contributed by atoms with Crippen molar-refractivity contribution in [1.82, 2.24) is 10.6 Å². The molecule has 0 heterocycles. The van der Waals surface area contributed by atoms with Crippen molar-refractivity contribution in [2.75, 3.05) is 20.2 Å². The maximum atomic E-state index is 5.83. The van der Waals surface area contributed by atoms with Crippen molar-refractivity contribution < 1.29 is 4.74 Å². The standard InChI is InChI=1S/C14H27N3O/c1-11-10-13(11)17-14(15-2)16-8-5-9-18-12-6-3-4-7-12/h11-13H,3-10H2,1-2H3,(H2,15,16,17). The molecule has 0 radical (unpaired) electrons. The van der Waals surface area contributed by atoms with Gasteiger partial charge >= 0.3 is 0 Å². The fourth-order valence-electron chi connectivity index (χ4n) is 2.48. The van der Waals surface area contributed by atoms with Gasteiger partial charge in [-0.15, -0.1) is 0 Å². The lowest BCUT2D eigenvalue weighted by molar-refractivity contribution is 0.0574. The second-order valence-electron chi connectivity index (χ2n) is 5.59. The van der Waals surface area contributed by atoms with Gasteiger partial charge in [-0.05, 0) is 31.6 Å². The van der Waals surface area contributed by atoms with Crippen molar-refractivity contribution in [1.29, 1.82) is 0 Å². The van der Waals surface area contributed by atoms with Gasteiger partial charge in [0.15, 0.2) is 5.96 Å². The Morgan fingerprint density at radius 3 is 2.67 bits per heavy atom. The summed E-state index contributed by atoms with van der Waals surface area (Å²) in [7, 11) is 1.83. The molecule has 2 aliphatic carbocycles. The van der Waals surface area contributed by atoms with Crippen molar-refractivity contribution in [3.63, 3.8) is 0 Å². The summed E-state index contributed by atoms with van der Waals surface area (Å²) in [6.45, 7) is 4.07. The highest BCUT2D eigenvalue weighted by Crippen LogP contribution is 2.28. The maximum Gasteiger partial charge on any atom is 0.191 e. The highest BCUT2D eigenvalue weighted by atomic mass is 16.5. The molecule has 0 saturated heterocycles. The van der Waals surface area contributed by atoms with Crippen LogP contribution in [0.2, 0.25) is 0 Å². The molecule has 2 rings (SSSR count). The van der Waals surface area contributed by atoms with E-state index in [-0.39, 0.29) is 0 Å². The molecule has 2 aliphatic rings. The van der Waals surface area contributed by atoms with Gasteiger partial charge in [0.2, 0.25) is 0 Å². The summed E-state index contributed by atoms with van der Waals surface area (Å²) in [5, 5.41) is 6.77. The molecular formula is C14H27N3O.